The molecule has 0 atom stereocenters. The molecule has 17 heavy (non-hydrogen) atoms. The molecule has 0 saturated carbocycles. The Morgan fingerprint density at radius 1 is 0.941 bits per heavy atom. The van der Waals surface area contributed by atoms with Gasteiger partial charge in [0.05, 0.1) is 5.70 Å². The first-order valence-electron chi connectivity index (χ1n) is 5.66. The van der Waals surface area contributed by atoms with Gasteiger partial charge in [-0.2, -0.15) is 0 Å². The molecular weight excluding hydrogens is 208 g/mol. The molecule has 3 N–H and O–H groups in total. The topological polar surface area (TPSA) is 38.0 Å². The van der Waals surface area contributed by atoms with Crippen LogP contribution in [0.25, 0.3) is 5.70 Å². The summed E-state index contributed by atoms with van der Waals surface area (Å²) in [5, 5.41) is 0. The minimum absolute atomic E-state index is 0.870. The molecule has 0 aliphatic heterocycles. The molecular formula is C15H16N2. The number of allylic oxidation sites excluding steroid dienone is 1. The first-order valence-corrected chi connectivity index (χ1v) is 5.66. The molecule has 2 aromatic rings. The van der Waals surface area contributed by atoms with E-state index in [0.29, 0.717) is 0 Å². The van der Waals surface area contributed by atoms with E-state index in [1.165, 1.54) is 5.56 Å². The quantitative estimate of drug-likeness (QED) is 0.619. The van der Waals surface area contributed by atoms with Crippen molar-refractivity contribution < 1.29 is 0 Å². The van der Waals surface area contributed by atoms with Gasteiger partial charge in [0, 0.05) is 0 Å². The maximum Gasteiger partial charge on any atom is 0.0520 e. The lowest BCUT2D eigenvalue weighted by atomic mass is 10.1. The second-order valence-electron chi connectivity index (χ2n) is 3.82. The molecule has 0 unspecified atom stereocenters. The van der Waals surface area contributed by atoms with Crippen molar-refractivity contribution in [1.82, 2.24) is 5.43 Å². The summed E-state index contributed by atoms with van der Waals surface area (Å²) in [5.41, 5.74) is 6.08. The van der Waals surface area contributed by atoms with Crippen LogP contribution >= 0.6 is 0 Å². The van der Waals surface area contributed by atoms with Gasteiger partial charge >= 0.3 is 0 Å². The molecule has 2 aromatic carbocycles. The summed E-state index contributed by atoms with van der Waals surface area (Å²) in [4.78, 5) is 0. The molecule has 86 valence electrons. The van der Waals surface area contributed by atoms with Crippen molar-refractivity contribution >= 4 is 5.70 Å². The van der Waals surface area contributed by atoms with Crippen LogP contribution in [-0.4, -0.2) is 0 Å². The van der Waals surface area contributed by atoms with E-state index >= 15 is 0 Å². The van der Waals surface area contributed by atoms with Crippen LogP contribution in [0.1, 0.15) is 11.1 Å². The Hall–Kier alpha value is -2.06. The van der Waals surface area contributed by atoms with Gasteiger partial charge in [-0.15, -0.1) is 0 Å². The lowest BCUT2D eigenvalue weighted by Gasteiger charge is -2.06. The normalized spacial score (nSPS) is 11.2. The average Bonchev–Trinajstić information content (AvgIpc) is 2.42. The highest BCUT2D eigenvalue weighted by Gasteiger charge is 1.97. The van der Waals surface area contributed by atoms with E-state index in [9.17, 15) is 0 Å². The van der Waals surface area contributed by atoms with Crippen LogP contribution in [0.15, 0.2) is 66.7 Å². The van der Waals surface area contributed by atoms with Crippen LogP contribution in [0.4, 0.5) is 0 Å². The second-order valence-corrected chi connectivity index (χ2v) is 3.82. The molecule has 0 aliphatic rings. The molecule has 2 nitrogen and oxygen atoms in total. The molecule has 0 fully saturated rings. The fourth-order valence-corrected chi connectivity index (χ4v) is 1.71. The number of nitrogens with two attached hydrogens (primary N) is 1. The van der Waals surface area contributed by atoms with Gasteiger partial charge in [-0.3, -0.25) is 5.84 Å². The van der Waals surface area contributed by atoms with Crippen LogP contribution in [0, 0.1) is 0 Å². The lowest BCUT2D eigenvalue weighted by Crippen LogP contribution is -2.20. The number of hydrogen-bond donors (Lipinski definition) is 2. The highest BCUT2D eigenvalue weighted by molar-refractivity contribution is 5.63. The summed E-state index contributed by atoms with van der Waals surface area (Å²) in [6.07, 6.45) is 2.97. The van der Waals surface area contributed by atoms with E-state index in [4.69, 9.17) is 5.84 Å². The van der Waals surface area contributed by atoms with E-state index in [-0.39, 0.29) is 0 Å². The van der Waals surface area contributed by atoms with Crippen molar-refractivity contribution in [3.8, 4) is 0 Å². The number of hydrogen-bond acceptors (Lipinski definition) is 2. The molecule has 0 bridgehead atoms. The minimum atomic E-state index is 0.870. The predicted octanol–water partition coefficient (Wildman–Crippen LogP) is 2.73. The number of benzene rings is 2. The van der Waals surface area contributed by atoms with Crippen LogP contribution < -0.4 is 11.3 Å². The maximum atomic E-state index is 5.55. The summed E-state index contributed by atoms with van der Waals surface area (Å²) < 4.78 is 0. The summed E-state index contributed by atoms with van der Waals surface area (Å²) >= 11 is 0. The van der Waals surface area contributed by atoms with Gasteiger partial charge in [-0.1, -0.05) is 66.7 Å². The van der Waals surface area contributed by atoms with Gasteiger partial charge < -0.3 is 5.43 Å². The summed E-state index contributed by atoms with van der Waals surface area (Å²) in [5.74, 6) is 5.55. The van der Waals surface area contributed by atoms with Gasteiger partial charge in [0.2, 0.25) is 0 Å². The fourth-order valence-electron chi connectivity index (χ4n) is 1.71. The minimum Gasteiger partial charge on any atom is -0.324 e. The van der Waals surface area contributed by atoms with Crippen molar-refractivity contribution in [2.24, 2.45) is 5.84 Å². The van der Waals surface area contributed by atoms with Crippen molar-refractivity contribution in [3.05, 3.63) is 77.9 Å². The van der Waals surface area contributed by atoms with Crippen molar-refractivity contribution in [2.75, 3.05) is 0 Å². The van der Waals surface area contributed by atoms with Gasteiger partial charge in [0.1, 0.15) is 0 Å². The Morgan fingerprint density at radius 3 is 2.12 bits per heavy atom. The zero-order valence-electron chi connectivity index (χ0n) is 9.64. The van der Waals surface area contributed by atoms with Crippen LogP contribution in [0.3, 0.4) is 0 Å². The third-order valence-electron chi connectivity index (χ3n) is 2.63. The first-order chi connectivity index (χ1) is 8.40. The Kier molecular flexibility index (Phi) is 3.95. The first kappa shape index (κ1) is 11.4. The highest BCUT2D eigenvalue weighted by atomic mass is 15.2. The smallest absolute Gasteiger partial charge is 0.0520 e. The molecule has 0 heterocycles. The van der Waals surface area contributed by atoms with Crippen molar-refractivity contribution in [1.29, 1.82) is 0 Å². The Bertz CT molecular complexity index is 475. The van der Waals surface area contributed by atoms with Gasteiger partial charge in [0.15, 0.2) is 0 Å². The summed E-state index contributed by atoms with van der Waals surface area (Å²) in [7, 11) is 0. The standard InChI is InChI=1S/C15H16N2/c16-17-15(14-9-5-2-6-10-14)12-11-13-7-3-1-4-8-13/h1-10,12,17H,11,16H2/b15-12-. The molecule has 0 saturated heterocycles. The fraction of sp³-hybridized carbons (Fsp3) is 0.0667. The van der Waals surface area contributed by atoms with Crippen molar-refractivity contribution in [3.63, 3.8) is 0 Å². The molecule has 0 aliphatic carbocycles. The lowest BCUT2D eigenvalue weighted by molar-refractivity contribution is 0.983. The van der Waals surface area contributed by atoms with E-state index in [2.05, 4.69) is 23.6 Å². The number of rotatable bonds is 4. The molecule has 0 aromatic heterocycles. The molecule has 0 spiro atoms. The van der Waals surface area contributed by atoms with Crippen LogP contribution in [0.2, 0.25) is 0 Å². The van der Waals surface area contributed by atoms with Gasteiger partial charge in [0.25, 0.3) is 0 Å². The largest absolute Gasteiger partial charge is 0.324 e. The summed E-state index contributed by atoms with van der Waals surface area (Å²) in [6, 6.07) is 20.4. The monoisotopic (exact) mass is 224 g/mol. The van der Waals surface area contributed by atoms with Crippen molar-refractivity contribution in [2.45, 2.75) is 6.42 Å². The van der Waals surface area contributed by atoms with E-state index in [0.717, 1.165) is 17.7 Å². The molecule has 0 amide bonds. The molecule has 2 rings (SSSR count). The Morgan fingerprint density at radius 2 is 1.53 bits per heavy atom. The highest BCUT2D eigenvalue weighted by Crippen LogP contribution is 2.11. The molecule has 0 radical (unpaired) electrons. The van der Waals surface area contributed by atoms with Gasteiger partial charge in [-0.05, 0) is 17.5 Å². The summed E-state index contributed by atoms with van der Waals surface area (Å²) in [6.45, 7) is 0. The Balaban J connectivity index is 2.14. The predicted molar refractivity (Wildman–Crippen MR) is 71.9 cm³/mol. The second kappa shape index (κ2) is 5.87. The number of hydrazine groups is 1. The zero-order valence-corrected chi connectivity index (χ0v) is 9.64. The zero-order chi connectivity index (χ0) is 11.9. The average molecular weight is 224 g/mol. The van der Waals surface area contributed by atoms with E-state index in [1.807, 2.05) is 48.5 Å². The maximum absolute atomic E-state index is 5.55. The SMILES string of the molecule is NN/C(=C\Cc1ccccc1)c1ccccc1. The van der Waals surface area contributed by atoms with Crippen LogP contribution in [-0.2, 0) is 6.42 Å². The molecule has 2 heteroatoms. The Labute approximate surface area is 102 Å². The van der Waals surface area contributed by atoms with Gasteiger partial charge in [-0.25, -0.2) is 0 Å². The third-order valence-corrected chi connectivity index (χ3v) is 2.63. The van der Waals surface area contributed by atoms with E-state index < -0.39 is 0 Å². The number of nitrogens with one attached hydrogen (secondary N) is 1. The third kappa shape index (κ3) is 3.20. The van der Waals surface area contributed by atoms with E-state index in [1.54, 1.807) is 0 Å². The van der Waals surface area contributed by atoms with Crippen LogP contribution in [0.5, 0.6) is 0 Å².